The van der Waals surface area contributed by atoms with Crippen LogP contribution in [0.25, 0.3) is 0 Å². The maximum absolute atomic E-state index is 6.15. The molecule has 3 heteroatoms. The molecule has 88 valence electrons. The Morgan fingerprint density at radius 1 is 1.25 bits per heavy atom. The number of nitrogens with two attached hydrogens (primary N) is 1. The van der Waals surface area contributed by atoms with E-state index in [1.165, 1.54) is 5.56 Å². The van der Waals surface area contributed by atoms with Crippen LogP contribution >= 0.6 is 0 Å². The van der Waals surface area contributed by atoms with Crippen LogP contribution in [0.4, 0.5) is 0 Å². The predicted molar refractivity (Wildman–Crippen MR) is 63.0 cm³/mol. The van der Waals surface area contributed by atoms with E-state index in [1.54, 1.807) is 0 Å². The fourth-order valence-electron chi connectivity index (χ4n) is 2.01. The molecular weight excluding hydrogens is 202 g/mol. The molecule has 3 nitrogen and oxygen atoms in total. The fourth-order valence-corrected chi connectivity index (χ4v) is 2.01. The highest BCUT2D eigenvalue weighted by Gasteiger charge is 2.33. The number of rotatable bonds is 3. The van der Waals surface area contributed by atoms with Gasteiger partial charge >= 0.3 is 0 Å². The van der Waals surface area contributed by atoms with Gasteiger partial charge in [-0.1, -0.05) is 29.8 Å². The third-order valence-corrected chi connectivity index (χ3v) is 2.99. The van der Waals surface area contributed by atoms with Gasteiger partial charge in [0.2, 0.25) is 0 Å². The summed E-state index contributed by atoms with van der Waals surface area (Å²) in [5.41, 5.74) is 8.53. The second kappa shape index (κ2) is 4.53. The van der Waals surface area contributed by atoms with E-state index in [0.717, 1.165) is 5.56 Å². The monoisotopic (exact) mass is 221 g/mol. The third kappa shape index (κ3) is 2.61. The molecule has 16 heavy (non-hydrogen) atoms. The minimum Gasteiger partial charge on any atom is -0.348 e. The zero-order valence-corrected chi connectivity index (χ0v) is 9.90. The molecule has 0 bridgehead atoms. The van der Waals surface area contributed by atoms with E-state index < -0.39 is 5.79 Å². The van der Waals surface area contributed by atoms with Gasteiger partial charge in [0.05, 0.1) is 13.2 Å². The quantitative estimate of drug-likeness (QED) is 0.850. The lowest BCUT2D eigenvalue weighted by molar-refractivity contribution is -0.150. The first-order valence-corrected chi connectivity index (χ1v) is 5.69. The molecule has 0 saturated carbocycles. The van der Waals surface area contributed by atoms with Crippen LogP contribution < -0.4 is 5.73 Å². The summed E-state index contributed by atoms with van der Waals surface area (Å²) in [5, 5.41) is 0. The Labute approximate surface area is 96.5 Å². The fraction of sp³-hybridized carbons (Fsp3) is 0.538. The first-order valence-electron chi connectivity index (χ1n) is 5.69. The van der Waals surface area contributed by atoms with Gasteiger partial charge in [-0.15, -0.1) is 0 Å². The summed E-state index contributed by atoms with van der Waals surface area (Å²) < 4.78 is 11.1. The first kappa shape index (κ1) is 11.6. The Morgan fingerprint density at radius 2 is 1.81 bits per heavy atom. The normalized spacial score (nSPS) is 20.9. The molecule has 1 heterocycles. The molecule has 2 N–H and O–H groups in total. The second-order valence-electron chi connectivity index (χ2n) is 4.55. The van der Waals surface area contributed by atoms with Crippen molar-refractivity contribution in [3.8, 4) is 0 Å². The molecule has 0 amide bonds. The molecule has 0 radical (unpaired) electrons. The SMILES string of the molecule is Cc1ccc(C(N)CC2(C)OCCO2)cc1. The number of benzene rings is 1. The minimum atomic E-state index is -0.510. The lowest BCUT2D eigenvalue weighted by Gasteiger charge is -2.26. The molecule has 1 fully saturated rings. The van der Waals surface area contributed by atoms with Crippen molar-refractivity contribution in [1.29, 1.82) is 0 Å². The number of ether oxygens (including phenoxy) is 2. The molecule has 2 rings (SSSR count). The van der Waals surface area contributed by atoms with Gasteiger partial charge in [-0.2, -0.15) is 0 Å². The lowest BCUT2D eigenvalue weighted by atomic mass is 9.99. The number of hydrogen-bond donors (Lipinski definition) is 1. The zero-order valence-electron chi connectivity index (χ0n) is 9.90. The summed E-state index contributed by atoms with van der Waals surface area (Å²) in [6, 6.07) is 8.25. The van der Waals surface area contributed by atoms with E-state index in [0.29, 0.717) is 19.6 Å². The Morgan fingerprint density at radius 3 is 2.38 bits per heavy atom. The van der Waals surface area contributed by atoms with Crippen LogP contribution in [0.2, 0.25) is 0 Å². The van der Waals surface area contributed by atoms with Crippen LogP contribution in [-0.4, -0.2) is 19.0 Å². The second-order valence-corrected chi connectivity index (χ2v) is 4.55. The molecule has 1 aliphatic heterocycles. The van der Waals surface area contributed by atoms with Crippen molar-refractivity contribution in [2.45, 2.75) is 32.1 Å². The van der Waals surface area contributed by atoms with Gasteiger partial charge in [0, 0.05) is 12.5 Å². The molecule has 1 aliphatic rings. The molecule has 1 unspecified atom stereocenters. The topological polar surface area (TPSA) is 44.5 Å². The van der Waals surface area contributed by atoms with Gasteiger partial charge in [-0.25, -0.2) is 0 Å². The van der Waals surface area contributed by atoms with E-state index in [4.69, 9.17) is 15.2 Å². The highest BCUT2D eigenvalue weighted by atomic mass is 16.7. The smallest absolute Gasteiger partial charge is 0.167 e. The van der Waals surface area contributed by atoms with Crippen molar-refractivity contribution >= 4 is 0 Å². The summed E-state index contributed by atoms with van der Waals surface area (Å²) in [4.78, 5) is 0. The summed E-state index contributed by atoms with van der Waals surface area (Å²) in [7, 11) is 0. The maximum Gasteiger partial charge on any atom is 0.167 e. The Balaban J connectivity index is 2.02. The van der Waals surface area contributed by atoms with Gasteiger partial charge in [0.25, 0.3) is 0 Å². The van der Waals surface area contributed by atoms with Crippen LogP contribution in [0.1, 0.15) is 30.5 Å². The van der Waals surface area contributed by atoms with E-state index in [2.05, 4.69) is 31.2 Å². The van der Waals surface area contributed by atoms with Crippen molar-refractivity contribution in [3.63, 3.8) is 0 Å². The highest BCUT2D eigenvalue weighted by molar-refractivity contribution is 5.24. The summed E-state index contributed by atoms with van der Waals surface area (Å²) >= 11 is 0. The molecular formula is C13H19NO2. The van der Waals surface area contributed by atoms with Crippen LogP contribution in [-0.2, 0) is 9.47 Å². The molecule has 1 saturated heterocycles. The van der Waals surface area contributed by atoms with Crippen molar-refractivity contribution in [2.24, 2.45) is 5.73 Å². The molecule has 1 aromatic rings. The standard InChI is InChI=1S/C13H19NO2/c1-10-3-5-11(6-4-10)12(14)9-13(2)15-7-8-16-13/h3-6,12H,7-9,14H2,1-2H3. The zero-order chi connectivity index (χ0) is 11.6. The maximum atomic E-state index is 6.15. The van der Waals surface area contributed by atoms with Crippen LogP contribution in [0.3, 0.4) is 0 Å². The van der Waals surface area contributed by atoms with Gasteiger partial charge in [-0.05, 0) is 19.4 Å². The first-order chi connectivity index (χ1) is 7.59. The largest absolute Gasteiger partial charge is 0.348 e. The third-order valence-electron chi connectivity index (χ3n) is 2.99. The summed E-state index contributed by atoms with van der Waals surface area (Å²) in [6.45, 7) is 5.35. The van der Waals surface area contributed by atoms with E-state index in [1.807, 2.05) is 6.92 Å². The Bertz CT molecular complexity index is 341. The van der Waals surface area contributed by atoms with Gasteiger partial charge in [0.15, 0.2) is 5.79 Å². The van der Waals surface area contributed by atoms with Crippen molar-refractivity contribution < 1.29 is 9.47 Å². The predicted octanol–water partition coefficient (Wildman–Crippen LogP) is 2.15. The van der Waals surface area contributed by atoms with Crippen LogP contribution in [0.15, 0.2) is 24.3 Å². The molecule has 1 atom stereocenters. The van der Waals surface area contributed by atoms with E-state index in [-0.39, 0.29) is 6.04 Å². The lowest BCUT2D eigenvalue weighted by Crippen LogP contribution is -2.31. The van der Waals surface area contributed by atoms with E-state index in [9.17, 15) is 0 Å². The number of aryl methyl sites for hydroxylation is 1. The highest BCUT2D eigenvalue weighted by Crippen LogP contribution is 2.29. The summed E-state index contributed by atoms with van der Waals surface area (Å²) in [5.74, 6) is -0.510. The molecule has 0 aliphatic carbocycles. The van der Waals surface area contributed by atoms with Crippen LogP contribution in [0, 0.1) is 6.92 Å². The van der Waals surface area contributed by atoms with Gasteiger partial charge < -0.3 is 15.2 Å². The Kier molecular flexibility index (Phi) is 3.28. The molecule has 0 spiro atoms. The molecule has 0 aromatic heterocycles. The number of hydrogen-bond acceptors (Lipinski definition) is 3. The summed E-state index contributed by atoms with van der Waals surface area (Å²) in [6.07, 6.45) is 0.691. The van der Waals surface area contributed by atoms with Crippen LogP contribution in [0.5, 0.6) is 0 Å². The van der Waals surface area contributed by atoms with E-state index >= 15 is 0 Å². The van der Waals surface area contributed by atoms with Crippen molar-refractivity contribution in [3.05, 3.63) is 35.4 Å². The van der Waals surface area contributed by atoms with Gasteiger partial charge in [0.1, 0.15) is 0 Å². The van der Waals surface area contributed by atoms with Crippen molar-refractivity contribution in [2.75, 3.05) is 13.2 Å². The Hall–Kier alpha value is -0.900. The average Bonchev–Trinajstić information content (AvgIpc) is 2.65. The molecule has 1 aromatic carbocycles. The average molecular weight is 221 g/mol. The van der Waals surface area contributed by atoms with Crippen molar-refractivity contribution in [1.82, 2.24) is 0 Å². The minimum absolute atomic E-state index is 0.0382. The van der Waals surface area contributed by atoms with Gasteiger partial charge in [-0.3, -0.25) is 0 Å².